The quantitative estimate of drug-likeness (QED) is 0.504. The maximum absolute atomic E-state index is 10.0. The molecule has 0 spiro atoms. The molecule has 2 aliphatic carbocycles. The molecule has 0 aromatic rings. The van der Waals surface area contributed by atoms with Crippen LogP contribution in [-0.4, -0.2) is 26.1 Å². The van der Waals surface area contributed by atoms with Gasteiger partial charge in [-0.05, 0) is 73.1 Å². The van der Waals surface area contributed by atoms with Gasteiger partial charge in [-0.2, -0.15) is 0 Å². The second-order valence-electron chi connectivity index (χ2n) is 10.7. The Balaban J connectivity index is 2.32. The molecular formula is C21H40O2Si. The first-order chi connectivity index (χ1) is 10.8. The lowest BCUT2D eigenvalue weighted by atomic mass is 9.49. The second kappa shape index (κ2) is 6.24. The molecule has 0 amide bonds. The van der Waals surface area contributed by atoms with E-state index in [4.69, 9.17) is 4.43 Å². The van der Waals surface area contributed by atoms with Crippen molar-refractivity contribution in [3.05, 3.63) is 11.1 Å². The third kappa shape index (κ3) is 3.17. The zero-order valence-electron chi connectivity index (χ0n) is 17.5. The van der Waals surface area contributed by atoms with E-state index in [0.29, 0.717) is 12.0 Å². The second-order valence-corrected chi connectivity index (χ2v) is 15.4. The Hall–Kier alpha value is -0.123. The minimum absolute atomic E-state index is 0.147. The molecule has 1 N–H and O–H groups in total. The Morgan fingerprint density at radius 3 is 2.25 bits per heavy atom. The zero-order valence-corrected chi connectivity index (χ0v) is 18.5. The van der Waals surface area contributed by atoms with Gasteiger partial charge in [0.25, 0.3) is 0 Å². The third-order valence-electron chi connectivity index (χ3n) is 7.84. The third-order valence-corrected chi connectivity index (χ3v) is 12.3. The van der Waals surface area contributed by atoms with Gasteiger partial charge in [0, 0.05) is 0 Å². The van der Waals surface area contributed by atoms with E-state index in [1.54, 1.807) is 0 Å². The fraction of sp³-hybridized carbons (Fsp3) is 0.905. The normalized spacial score (nSPS) is 34.2. The van der Waals surface area contributed by atoms with Crippen LogP contribution >= 0.6 is 0 Å². The number of hydrogen-bond donors (Lipinski definition) is 1. The Morgan fingerprint density at radius 1 is 1.17 bits per heavy atom. The molecule has 2 rings (SSSR count). The van der Waals surface area contributed by atoms with Gasteiger partial charge in [-0.15, -0.1) is 0 Å². The molecular weight excluding hydrogens is 312 g/mol. The van der Waals surface area contributed by atoms with Gasteiger partial charge in [0.15, 0.2) is 8.32 Å². The van der Waals surface area contributed by atoms with Crippen LogP contribution in [0.4, 0.5) is 0 Å². The van der Waals surface area contributed by atoms with Crippen molar-refractivity contribution in [1.29, 1.82) is 0 Å². The summed E-state index contributed by atoms with van der Waals surface area (Å²) in [5.41, 5.74) is 3.05. The van der Waals surface area contributed by atoms with Crippen molar-refractivity contribution in [3.63, 3.8) is 0 Å². The van der Waals surface area contributed by atoms with Crippen molar-refractivity contribution < 1.29 is 9.53 Å². The Bertz CT molecular complexity index is 512. The number of allylic oxidation sites excluding steroid dienone is 1. The van der Waals surface area contributed by atoms with Crippen LogP contribution in [0.25, 0.3) is 0 Å². The predicted octanol–water partition coefficient (Wildman–Crippen LogP) is 5.92. The van der Waals surface area contributed by atoms with Crippen LogP contribution in [0.5, 0.6) is 0 Å². The van der Waals surface area contributed by atoms with Crippen molar-refractivity contribution in [1.82, 2.24) is 0 Å². The molecule has 1 saturated carbocycles. The van der Waals surface area contributed by atoms with Gasteiger partial charge >= 0.3 is 0 Å². The molecule has 0 unspecified atom stereocenters. The standard InChI is InChI=1S/C21H40O2Si/c1-15-10-11-17-20(5,6)18(23-24(8,9)19(2,3)4)12-13-21(17,7)16(15)14-22/h17-18,22H,10-14H2,1-9H3/t17-,18-,21+/m0/s1. The summed E-state index contributed by atoms with van der Waals surface area (Å²) in [5.74, 6) is 0.597. The van der Waals surface area contributed by atoms with Crippen LogP contribution in [0, 0.1) is 16.7 Å². The van der Waals surface area contributed by atoms with Gasteiger partial charge < -0.3 is 9.53 Å². The number of fused-ring (bicyclic) bond motifs is 1. The molecule has 3 atom stereocenters. The Morgan fingerprint density at radius 2 is 1.75 bits per heavy atom. The van der Waals surface area contributed by atoms with E-state index in [9.17, 15) is 5.11 Å². The molecule has 1 fully saturated rings. The smallest absolute Gasteiger partial charge is 0.192 e. The van der Waals surface area contributed by atoms with Crippen molar-refractivity contribution >= 4 is 8.32 Å². The molecule has 3 heteroatoms. The average Bonchev–Trinajstić information content (AvgIpc) is 2.40. The fourth-order valence-electron chi connectivity index (χ4n) is 5.13. The summed E-state index contributed by atoms with van der Waals surface area (Å²) in [6, 6.07) is 0. The van der Waals surface area contributed by atoms with Crippen LogP contribution in [-0.2, 0) is 4.43 Å². The topological polar surface area (TPSA) is 29.5 Å². The highest BCUT2D eigenvalue weighted by molar-refractivity contribution is 6.74. The summed E-state index contributed by atoms with van der Waals surface area (Å²) in [6.45, 7) is 21.4. The Kier molecular flexibility index (Phi) is 5.25. The summed E-state index contributed by atoms with van der Waals surface area (Å²) in [7, 11) is -1.76. The highest BCUT2D eigenvalue weighted by Gasteiger charge is 2.55. The lowest BCUT2D eigenvalue weighted by Crippen LogP contribution is -2.56. The summed E-state index contributed by atoms with van der Waals surface area (Å²) in [5, 5.41) is 10.3. The van der Waals surface area contributed by atoms with E-state index >= 15 is 0 Å². The molecule has 2 aliphatic rings. The van der Waals surface area contributed by atoms with Gasteiger partial charge in [0.2, 0.25) is 0 Å². The maximum atomic E-state index is 10.0. The molecule has 0 bridgehead atoms. The first-order valence-corrected chi connectivity index (χ1v) is 12.7. The fourth-order valence-corrected chi connectivity index (χ4v) is 6.62. The molecule has 0 radical (unpaired) electrons. The van der Waals surface area contributed by atoms with Crippen LogP contribution < -0.4 is 0 Å². The number of hydrogen-bond acceptors (Lipinski definition) is 2. The lowest BCUT2D eigenvalue weighted by Gasteiger charge is -2.59. The van der Waals surface area contributed by atoms with Crippen LogP contribution in [0.2, 0.25) is 18.1 Å². The molecule has 0 saturated heterocycles. The van der Waals surface area contributed by atoms with Crippen molar-refractivity contribution in [2.45, 2.75) is 98.4 Å². The highest BCUT2D eigenvalue weighted by Crippen LogP contribution is 2.60. The van der Waals surface area contributed by atoms with Gasteiger partial charge in [-0.25, -0.2) is 0 Å². The maximum Gasteiger partial charge on any atom is 0.192 e. The molecule has 140 valence electrons. The SMILES string of the molecule is CC1=C(CO)[C@@]2(C)CC[C@H](O[Si](C)(C)C(C)(C)C)C(C)(C)[C@@H]2CC1. The van der Waals surface area contributed by atoms with Crippen LogP contribution in [0.1, 0.15) is 74.1 Å². The van der Waals surface area contributed by atoms with Gasteiger partial charge in [0.05, 0.1) is 12.7 Å². The minimum Gasteiger partial charge on any atom is -0.413 e. The monoisotopic (exact) mass is 352 g/mol. The van der Waals surface area contributed by atoms with Crippen molar-refractivity contribution in [3.8, 4) is 0 Å². The van der Waals surface area contributed by atoms with E-state index in [2.05, 4.69) is 61.6 Å². The minimum atomic E-state index is -1.76. The molecule has 0 aromatic heterocycles. The lowest BCUT2D eigenvalue weighted by molar-refractivity contribution is -0.0842. The average molecular weight is 353 g/mol. The largest absolute Gasteiger partial charge is 0.413 e. The van der Waals surface area contributed by atoms with E-state index in [1.807, 2.05) is 0 Å². The highest BCUT2D eigenvalue weighted by atomic mass is 28.4. The van der Waals surface area contributed by atoms with Gasteiger partial charge in [-0.1, -0.05) is 47.1 Å². The van der Waals surface area contributed by atoms with Crippen LogP contribution in [0.15, 0.2) is 11.1 Å². The predicted molar refractivity (Wildman–Crippen MR) is 106 cm³/mol. The molecule has 24 heavy (non-hydrogen) atoms. The summed E-state index contributed by atoms with van der Waals surface area (Å²) < 4.78 is 6.91. The van der Waals surface area contributed by atoms with Gasteiger partial charge in [0.1, 0.15) is 0 Å². The van der Waals surface area contributed by atoms with Crippen molar-refractivity contribution in [2.24, 2.45) is 16.7 Å². The molecule has 0 heterocycles. The number of aliphatic hydroxyl groups is 1. The summed E-state index contributed by atoms with van der Waals surface area (Å²) in [4.78, 5) is 0. The summed E-state index contributed by atoms with van der Waals surface area (Å²) >= 11 is 0. The molecule has 0 aromatic carbocycles. The first kappa shape index (κ1) is 20.2. The summed E-state index contributed by atoms with van der Waals surface area (Å²) in [6.07, 6.45) is 4.97. The first-order valence-electron chi connectivity index (χ1n) is 9.75. The molecule has 2 nitrogen and oxygen atoms in total. The zero-order chi connectivity index (χ0) is 18.6. The number of aliphatic hydroxyl groups excluding tert-OH is 1. The number of rotatable bonds is 3. The Labute approximate surface area is 151 Å². The van der Waals surface area contributed by atoms with Crippen molar-refractivity contribution in [2.75, 3.05) is 6.61 Å². The van der Waals surface area contributed by atoms with E-state index in [-0.39, 0.29) is 22.5 Å². The van der Waals surface area contributed by atoms with E-state index in [1.165, 1.54) is 17.6 Å². The molecule has 0 aliphatic heterocycles. The van der Waals surface area contributed by atoms with E-state index < -0.39 is 8.32 Å². The van der Waals surface area contributed by atoms with Gasteiger partial charge in [-0.3, -0.25) is 0 Å². The van der Waals surface area contributed by atoms with E-state index in [0.717, 1.165) is 19.3 Å². The van der Waals surface area contributed by atoms with Crippen LogP contribution in [0.3, 0.4) is 0 Å².